The number of carbonyl (C=O) groups is 1. The van der Waals surface area contributed by atoms with Crippen LogP contribution >= 0.6 is 11.8 Å². The second kappa shape index (κ2) is 9.27. The Kier molecular flexibility index (Phi) is 6.54. The highest BCUT2D eigenvalue weighted by molar-refractivity contribution is 7.99. The number of nitrogens with one attached hydrogen (secondary N) is 1. The summed E-state index contributed by atoms with van der Waals surface area (Å²) in [7, 11) is 0. The molecule has 3 rings (SSSR count). The van der Waals surface area contributed by atoms with Gasteiger partial charge in [0.15, 0.2) is 16.7 Å². The first kappa shape index (κ1) is 19.0. The first-order chi connectivity index (χ1) is 13.2. The standard InChI is InChI=1S/C19H22N4O3S/c1-3-11-23-18(16-6-5-12-26-16)21-22-19(23)27-13-17(24)20-14-7-9-15(10-8-14)25-4-2/h5-10,12H,3-4,11,13H2,1-2H3,(H,20,24). The van der Waals surface area contributed by atoms with Crippen LogP contribution in [0.25, 0.3) is 11.6 Å². The maximum atomic E-state index is 12.3. The quantitative estimate of drug-likeness (QED) is 0.558. The van der Waals surface area contributed by atoms with Gasteiger partial charge in [0, 0.05) is 12.2 Å². The molecule has 0 bridgehead atoms. The highest BCUT2D eigenvalue weighted by Crippen LogP contribution is 2.25. The van der Waals surface area contributed by atoms with Crippen LogP contribution in [-0.4, -0.2) is 33.0 Å². The summed E-state index contributed by atoms with van der Waals surface area (Å²) >= 11 is 1.35. The molecule has 0 atom stereocenters. The largest absolute Gasteiger partial charge is 0.494 e. The predicted molar refractivity (Wildman–Crippen MR) is 105 cm³/mol. The molecule has 0 unspecified atom stereocenters. The van der Waals surface area contributed by atoms with E-state index in [1.807, 2.05) is 47.9 Å². The third-order valence-electron chi connectivity index (χ3n) is 3.69. The molecule has 3 aromatic rings. The Labute approximate surface area is 162 Å². The number of anilines is 1. The number of amides is 1. The van der Waals surface area contributed by atoms with Gasteiger partial charge in [0.2, 0.25) is 5.91 Å². The summed E-state index contributed by atoms with van der Waals surface area (Å²) in [6.07, 6.45) is 2.54. The minimum Gasteiger partial charge on any atom is -0.494 e. The zero-order valence-corrected chi connectivity index (χ0v) is 16.2. The van der Waals surface area contributed by atoms with Crippen molar-refractivity contribution in [2.45, 2.75) is 32.0 Å². The molecule has 0 saturated heterocycles. The van der Waals surface area contributed by atoms with Crippen LogP contribution in [0, 0.1) is 0 Å². The van der Waals surface area contributed by atoms with Gasteiger partial charge < -0.3 is 14.5 Å². The van der Waals surface area contributed by atoms with Crippen LogP contribution in [0.3, 0.4) is 0 Å². The van der Waals surface area contributed by atoms with E-state index in [2.05, 4.69) is 22.4 Å². The molecule has 2 heterocycles. The number of hydrogen-bond donors (Lipinski definition) is 1. The summed E-state index contributed by atoms with van der Waals surface area (Å²) in [5.41, 5.74) is 0.732. The monoisotopic (exact) mass is 386 g/mol. The third-order valence-corrected chi connectivity index (χ3v) is 4.65. The van der Waals surface area contributed by atoms with Gasteiger partial charge in [-0.2, -0.15) is 0 Å². The average Bonchev–Trinajstić information content (AvgIpc) is 3.32. The molecule has 142 valence electrons. The lowest BCUT2D eigenvalue weighted by atomic mass is 10.3. The van der Waals surface area contributed by atoms with Crippen molar-refractivity contribution in [3.05, 3.63) is 42.7 Å². The molecule has 1 aromatic carbocycles. The molecule has 0 spiro atoms. The van der Waals surface area contributed by atoms with Gasteiger partial charge in [0.1, 0.15) is 5.75 Å². The predicted octanol–water partition coefficient (Wildman–Crippen LogP) is 4.08. The van der Waals surface area contributed by atoms with E-state index in [1.165, 1.54) is 11.8 Å². The fourth-order valence-corrected chi connectivity index (χ4v) is 3.30. The lowest BCUT2D eigenvalue weighted by Gasteiger charge is -2.08. The van der Waals surface area contributed by atoms with Crippen molar-refractivity contribution in [2.24, 2.45) is 0 Å². The molecular formula is C19H22N4O3S. The van der Waals surface area contributed by atoms with Gasteiger partial charge in [0.25, 0.3) is 0 Å². The second-order valence-electron chi connectivity index (χ2n) is 5.73. The number of aromatic nitrogens is 3. The van der Waals surface area contributed by atoms with Crippen molar-refractivity contribution < 1.29 is 13.9 Å². The Morgan fingerprint density at radius 3 is 2.70 bits per heavy atom. The van der Waals surface area contributed by atoms with E-state index < -0.39 is 0 Å². The van der Waals surface area contributed by atoms with E-state index in [-0.39, 0.29) is 11.7 Å². The van der Waals surface area contributed by atoms with Crippen molar-refractivity contribution in [1.29, 1.82) is 0 Å². The van der Waals surface area contributed by atoms with Gasteiger partial charge in [-0.15, -0.1) is 10.2 Å². The topological polar surface area (TPSA) is 82.2 Å². The SMILES string of the molecule is CCCn1c(SCC(=O)Nc2ccc(OCC)cc2)nnc1-c1ccco1. The van der Waals surface area contributed by atoms with Crippen LogP contribution in [0.2, 0.25) is 0 Å². The lowest BCUT2D eigenvalue weighted by molar-refractivity contribution is -0.113. The zero-order chi connectivity index (χ0) is 19.1. The van der Waals surface area contributed by atoms with Crippen LogP contribution in [-0.2, 0) is 11.3 Å². The Balaban J connectivity index is 1.61. The summed E-state index contributed by atoms with van der Waals surface area (Å²) < 4.78 is 12.8. The van der Waals surface area contributed by atoms with Crippen molar-refractivity contribution in [1.82, 2.24) is 14.8 Å². The molecule has 0 aliphatic rings. The normalized spacial score (nSPS) is 10.7. The molecule has 8 heteroatoms. The summed E-state index contributed by atoms with van der Waals surface area (Å²) in [6.45, 7) is 5.38. The van der Waals surface area contributed by atoms with Gasteiger partial charge in [-0.3, -0.25) is 9.36 Å². The van der Waals surface area contributed by atoms with Crippen LogP contribution in [0.4, 0.5) is 5.69 Å². The van der Waals surface area contributed by atoms with Gasteiger partial charge in [-0.1, -0.05) is 18.7 Å². The minimum absolute atomic E-state index is 0.102. The Morgan fingerprint density at radius 2 is 2.04 bits per heavy atom. The molecule has 1 N–H and O–H groups in total. The fraction of sp³-hybridized carbons (Fsp3) is 0.316. The second-order valence-corrected chi connectivity index (χ2v) is 6.67. The van der Waals surface area contributed by atoms with Crippen molar-refractivity contribution in [2.75, 3.05) is 17.7 Å². The summed E-state index contributed by atoms with van der Waals surface area (Å²) in [4.78, 5) is 12.3. The van der Waals surface area contributed by atoms with Crippen molar-refractivity contribution >= 4 is 23.4 Å². The smallest absolute Gasteiger partial charge is 0.234 e. The minimum atomic E-state index is -0.102. The van der Waals surface area contributed by atoms with Crippen LogP contribution in [0.5, 0.6) is 5.75 Å². The van der Waals surface area contributed by atoms with E-state index in [0.717, 1.165) is 24.4 Å². The molecule has 0 aliphatic heterocycles. The average molecular weight is 386 g/mol. The number of rotatable bonds is 9. The molecule has 0 aliphatic carbocycles. The molecule has 27 heavy (non-hydrogen) atoms. The lowest BCUT2D eigenvalue weighted by Crippen LogP contribution is -2.14. The fourth-order valence-electron chi connectivity index (χ4n) is 2.54. The molecule has 0 radical (unpaired) electrons. The number of ether oxygens (including phenoxy) is 1. The van der Waals surface area contributed by atoms with E-state index >= 15 is 0 Å². The highest BCUT2D eigenvalue weighted by Gasteiger charge is 2.16. The molecule has 0 fully saturated rings. The highest BCUT2D eigenvalue weighted by atomic mass is 32.2. The maximum Gasteiger partial charge on any atom is 0.234 e. The van der Waals surface area contributed by atoms with Crippen LogP contribution in [0.15, 0.2) is 52.2 Å². The molecular weight excluding hydrogens is 364 g/mol. The molecule has 1 amide bonds. The van der Waals surface area contributed by atoms with E-state index in [9.17, 15) is 4.79 Å². The molecule has 2 aromatic heterocycles. The number of hydrogen-bond acceptors (Lipinski definition) is 6. The summed E-state index contributed by atoms with van der Waals surface area (Å²) in [6, 6.07) is 11.0. The number of thioether (sulfide) groups is 1. The van der Waals surface area contributed by atoms with Crippen LogP contribution in [0.1, 0.15) is 20.3 Å². The van der Waals surface area contributed by atoms with Gasteiger partial charge in [-0.05, 0) is 49.7 Å². The summed E-state index contributed by atoms with van der Waals surface area (Å²) in [5, 5.41) is 12.0. The van der Waals surface area contributed by atoms with Crippen LogP contribution < -0.4 is 10.1 Å². The Morgan fingerprint density at radius 1 is 1.22 bits per heavy atom. The molecule has 0 saturated carbocycles. The molecule has 7 nitrogen and oxygen atoms in total. The van der Waals surface area contributed by atoms with E-state index in [0.29, 0.717) is 23.3 Å². The zero-order valence-electron chi connectivity index (χ0n) is 15.3. The van der Waals surface area contributed by atoms with Crippen molar-refractivity contribution in [3.63, 3.8) is 0 Å². The number of furan rings is 1. The van der Waals surface area contributed by atoms with Gasteiger partial charge in [0.05, 0.1) is 18.6 Å². The van der Waals surface area contributed by atoms with E-state index in [4.69, 9.17) is 9.15 Å². The third kappa shape index (κ3) is 4.91. The van der Waals surface area contributed by atoms with Gasteiger partial charge >= 0.3 is 0 Å². The van der Waals surface area contributed by atoms with Gasteiger partial charge in [-0.25, -0.2) is 0 Å². The Bertz CT molecular complexity index is 860. The van der Waals surface area contributed by atoms with Crippen molar-refractivity contribution in [3.8, 4) is 17.3 Å². The summed E-state index contributed by atoms with van der Waals surface area (Å²) in [5.74, 6) is 2.27. The maximum absolute atomic E-state index is 12.3. The number of nitrogens with zero attached hydrogens (tertiary/aromatic N) is 3. The number of benzene rings is 1. The first-order valence-electron chi connectivity index (χ1n) is 8.83. The number of carbonyl (C=O) groups excluding carboxylic acids is 1. The first-order valence-corrected chi connectivity index (χ1v) is 9.82. The Hall–Kier alpha value is -2.74. The van der Waals surface area contributed by atoms with E-state index in [1.54, 1.807) is 6.26 Å².